The first-order valence-corrected chi connectivity index (χ1v) is 11.4. The van der Waals surface area contributed by atoms with Gasteiger partial charge in [-0.1, -0.05) is 43.3 Å². The molecule has 0 spiro atoms. The fourth-order valence-corrected chi connectivity index (χ4v) is 5.61. The number of sulfonamides is 1. The molecule has 2 aromatic carbocycles. The van der Waals surface area contributed by atoms with Crippen LogP contribution in [0.15, 0.2) is 47.4 Å². The molecule has 2 aromatic rings. The zero-order valence-electron chi connectivity index (χ0n) is 17.4. The number of ether oxygens (including phenoxy) is 1. The smallest absolute Gasteiger partial charge is 0.453 e. The molecule has 0 saturated carbocycles. The predicted octanol–water partition coefficient (Wildman–Crippen LogP) is 3.67. The first-order valence-electron chi connectivity index (χ1n) is 9.94. The largest absolute Gasteiger partial charge is 0.490 e. The van der Waals surface area contributed by atoms with Gasteiger partial charge < -0.3 is 4.74 Å². The fraction of sp³-hybridized carbons (Fsp3) is 0.476. The third-order valence-corrected chi connectivity index (χ3v) is 6.96. The molecule has 10 heteroatoms. The van der Waals surface area contributed by atoms with Crippen molar-refractivity contribution < 1.29 is 31.1 Å². The zero-order chi connectivity index (χ0) is 23.0. The van der Waals surface area contributed by atoms with Crippen LogP contribution < -0.4 is 4.72 Å². The van der Waals surface area contributed by atoms with Crippen LogP contribution in [-0.2, 0) is 19.6 Å². The Hall–Kier alpha value is -2.17. The van der Waals surface area contributed by atoms with Crippen molar-refractivity contribution in [2.45, 2.75) is 56.6 Å². The molecule has 170 valence electrons. The number of alkyl halides is 3. The second-order valence-electron chi connectivity index (χ2n) is 8.04. The predicted molar refractivity (Wildman–Crippen MR) is 110 cm³/mol. The SMILES string of the molecule is CC1CC(C)N(C(NS(=O)(=O)c2cccc3ccccc23)[C@@H](C)OC(=O)C(F)(F)F)C1. The van der Waals surface area contributed by atoms with Crippen molar-refractivity contribution in [1.82, 2.24) is 9.62 Å². The minimum absolute atomic E-state index is 0.00449. The maximum absolute atomic E-state index is 13.3. The molecule has 6 nitrogen and oxygen atoms in total. The standard InChI is InChI=1S/C21H25F3N2O4S/c1-13-11-14(2)26(12-13)19(15(3)30-20(27)21(22,23)24)25-31(28,29)18-10-6-8-16-7-4-5-9-17(16)18/h4-10,13-15,19,25H,11-12H2,1-3H3/t13?,14?,15-,19?/m1/s1. The molecule has 1 aliphatic heterocycles. The van der Waals surface area contributed by atoms with Crippen molar-refractivity contribution in [3.63, 3.8) is 0 Å². The molecule has 0 amide bonds. The molecule has 0 aromatic heterocycles. The molecule has 3 unspecified atom stereocenters. The van der Waals surface area contributed by atoms with Crippen LogP contribution in [0.4, 0.5) is 13.2 Å². The monoisotopic (exact) mass is 458 g/mol. The summed E-state index contributed by atoms with van der Waals surface area (Å²) in [6.07, 6.45) is -6.95. The number of halogens is 3. The average Bonchev–Trinajstić information content (AvgIpc) is 3.02. The fourth-order valence-electron chi connectivity index (χ4n) is 4.11. The molecule has 0 radical (unpaired) electrons. The van der Waals surface area contributed by atoms with Crippen molar-refractivity contribution in [3.05, 3.63) is 42.5 Å². The van der Waals surface area contributed by atoms with E-state index in [1.165, 1.54) is 13.0 Å². The Bertz CT molecular complexity index is 1050. The summed E-state index contributed by atoms with van der Waals surface area (Å²) in [7, 11) is -4.14. The van der Waals surface area contributed by atoms with Gasteiger partial charge in [-0.05, 0) is 37.6 Å². The molecule has 0 bridgehead atoms. The number of rotatable bonds is 6. The summed E-state index contributed by atoms with van der Waals surface area (Å²) in [5.41, 5.74) is 0. The minimum atomic E-state index is -5.17. The van der Waals surface area contributed by atoms with E-state index in [1.54, 1.807) is 41.3 Å². The van der Waals surface area contributed by atoms with Crippen LogP contribution in [0.25, 0.3) is 10.8 Å². The number of benzene rings is 2. The first-order chi connectivity index (χ1) is 14.4. The summed E-state index contributed by atoms with van der Waals surface area (Å²) in [6.45, 7) is 5.55. The summed E-state index contributed by atoms with van der Waals surface area (Å²) >= 11 is 0. The Morgan fingerprint density at radius 1 is 1.16 bits per heavy atom. The Labute approximate surface area is 179 Å². The lowest BCUT2D eigenvalue weighted by atomic mass is 10.1. The van der Waals surface area contributed by atoms with Gasteiger partial charge in [0.2, 0.25) is 10.0 Å². The molecule has 3 rings (SSSR count). The Kier molecular flexibility index (Phi) is 6.64. The van der Waals surface area contributed by atoms with Gasteiger partial charge in [0.1, 0.15) is 12.3 Å². The van der Waals surface area contributed by atoms with Crippen LogP contribution in [-0.4, -0.2) is 50.3 Å². The van der Waals surface area contributed by atoms with E-state index in [0.717, 1.165) is 6.42 Å². The second kappa shape index (κ2) is 8.76. The quantitative estimate of drug-likeness (QED) is 0.669. The molecule has 1 saturated heterocycles. The van der Waals surface area contributed by atoms with Crippen molar-refractivity contribution in [2.75, 3.05) is 6.54 Å². The van der Waals surface area contributed by atoms with E-state index in [4.69, 9.17) is 0 Å². The summed E-state index contributed by atoms with van der Waals surface area (Å²) in [5.74, 6) is -2.14. The summed E-state index contributed by atoms with van der Waals surface area (Å²) in [6, 6.07) is 11.6. The van der Waals surface area contributed by atoms with Gasteiger partial charge in [-0.3, -0.25) is 4.90 Å². The van der Waals surface area contributed by atoms with Crippen molar-refractivity contribution in [2.24, 2.45) is 5.92 Å². The van der Waals surface area contributed by atoms with E-state index in [2.05, 4.69) is 9.46 Å². The molecule has 4 atom stereocenters. The van der Waals surface area contributed by atoms with Crippen LogP contribution in [0.3, 0.4) is 0 Å². The van der Waals surface area contributed by atoms with Crippen molar-refractivity contribution in [3.8, 4) is 0 Å². The van der Waals surface area contributed by atoms with E-state index in [1.807, 2.05) is 13.8 Å². The number of likely N-dealkylation sites (tertiary alicyclic amines) is 1. The summed E-state index contributed by atoms with van der Waals surface area (Å²) in [5, 5.41) is 1.20. The van der Waals surface area contributed by atoms with Gasteiger partial charge in [0.15, 0.2) is 0 Å². The number of hydrogen-bond acceptors (Lipinski definition) is 5. The van der Waals surface area contributed by atoms with Crippen LogP contribution >= 0.6 is 0 Å². The van der Waals surface area contributed by atoms with Crippen molar-refractivity contribution >= 4 is 26.8 Å². The van der Waals surface area contributed by atoms with Gasteiger partial charge in [0.25, 0.3) is 0 Å². The number of esters is 1. The van der Waals surface area contributed by atoms with Crippen LogP contribution in [0.5, 0.6) is 0 Å². The third-order valence-electron chi connectivity index (χ3n) is 5.47. The van der Waals surface area contributed by atoms with Gasteiger partial charge in [0.05, 0.1) is 4.90 Å². The molecule has 1 aliphatic rings. The highest BCUT2D eigenvalue weighted by Crippen LogP contribution is 2.29. The molecular formula is C21H25F3N2O4S. The van der Waals surface area contributed by atoms with Gasteiger partial charge in [-0.15, -0.1) is 0 Å². The van der Waals surface area contributed by atoms with E-state index >= 15 is 0 Å². The number of nitrogens with zero attached hydrogens (tertiary/aromatic N) is 1. The van der Waals surface area contributed by atoms with E-state index in [0.29, 0.717) is 17.3 Å². The summed E-state index contributed by atoms with van der Waals surface area (Å²) < 4.78 is 71.9. The van der Waals surface area contributed by atoms with Gasteiger partial charge >= 0.3 is 12.1 Å². The van der Waals surface area contributed by atoms with Gasteiger partial charge in [-0.25, -0.2) is 13.2 Å². The number of fused-ring (bicyclic) bond motifs is 1. The normalized spacial score (nSPS) is 22.4. The zero-order valence-corrected chi connectivity index (χ0v) is 18.2. The average molecular weight is 459 g/mol. The molecular weight excluding hydrogens is 433 g/mol. The highest BCUT2D eigenvalue weighted by atomic mass is 32.2. The highest BCUT2D eigenvalue weighted by Gasteiger charge is 2.45. The maximum atomic E-state index is 13.3. The minimum Gasteiger partial charge on any atom is -0.453 e. The molecule has 31 heavy (non-hydrogen) atoms. The molecule has 1 N–H and O–H groups in total. The van der Waals surface area contributed by atoms with Crippen LogP contribution in [0.2, 0.25) is 0 Å². The van der Waals surface area contributed by atoms with E-state index < -0.39 is 34.4 Å². The van der Waals surface area contributed by atoms with Gasteiger partial charge in [-0.2, -0.15) is 17.9 Å². The Morgan fingerprint density at radius 3 is 2.42 bits per heavy atom. The first kappa shape index (κ1) is 23.5. The number of carbonyl (C=O) groups excluding carboxylic acids is 1. The topological polar surface area (TPSA) is 75.7 Å². The lowest BCUT2D eigenvalue weighted by Crippen LogP contribution is -2.56. The van der Waals surface area contributed by atoms with Crippen LogP contribution in [0.1, 0.15) is 27.2 Å². The highest BCUT2D eigenvalue weighted by molar-refractivity contribution is 7.89. The Morgan fingerprint density at radius 2 is 1.81 bits per heavy atom. The van der Waals surface area contributed by atoms with E-state index in [-0.39, 0.29) is 16.9 Å². The van der Waals surface area contributed by atoms with Crippen molar-refractivity contribution in [1.29, 1.82) is 0 Å². The number of nitrogens with one attached hydrogen (secondary N) is 1. The second-order valence-corrected chi connectivity index (χ2v) is 9.72. The number of hydrogen-bond donors (Lipinski definition) is 1. The molecule has 1 fully saturated rings. The van der Waals surface area contributed by atoms with E-state index in [9.17, 15) is 26.4 Å². The third kappa shape index (κ3) is 5.19. The Balaban J connectivity index is 1.96. The molecule has 0 aliphatic carbocycles. The van der Waals surface area contributed by atoms with Gasteiger partial charge in [0, 0.05) is 18.0 Å². The number of carbonyl (C=O) groups is 1. The molecule has 1 heterocycles. The van der Waals surface area contributed by atoms with Crippen LogP contribution in [0, 0.1) is 5.92 Å². The maximum Gasteiger partial charge on any atom is 0.490 e. The lowest BCUT2D eigenvalue weighted by Gasteiger charge is -2.35. The lowest BCUT2D eigenvalue weighted by molar-refractivity contribution is -0.207. The summed E-state index contributed by atoms with van der Waals surface area (Å²) in [4.78, 5) is 13.1.